The predicted molar refractivity (Wildman–Crippen MR) is 48.3 cm³/mol. The number of nitrogens with zero attached hydrogens (tertiary/aromatic N) is 1. The number of ether oxygens (including phenoxy) is 1. The Kier molecular flexibility index (Phi) is 4.01. The molecular formula is C9H19NO. The smallest absolute Gasteiger partial charge is 0.187 e. The van der Waals surface area contributed by atoms with Crippen molar-refractivity contribution < 1.29 is 4.74 Å². The van der Waals surface area contributed by atoms with Crippen LogP contribution in [0.25, 0.3) is 0 Å². The lowest BCUT2D eigenvalue weighted by molar-refractivity contribution is 0.0880. The van der Waals surface area contributed by atoms with Gasteiger partial charge >= 0.3 is 0 Å². The first-order chi connectivity index (χ1) is 4.95. The van der Waals surface area contributed by atoms with Gasteiger partial charge in [0.2, 0.25) is 0 Å². The van der Waals surface area contributed by atoms with Crippen molar-refractivity contribution in [1.82, 2.24) is 4.90 Å². The molecule has 0 fully saturated rings. The van der Waals surface area contributed by atoms with Crippen molar-refractivity contribution in [2.75, 3.05) is 14.1 Å². The molecule has 0 aromatic heterocycles. The number of hydrogen-bond acceptors (Lipinski definition) is 2. The molecule has 2 nitrogen and oxygen atoms in total. The summed E-state index contributed by atoms with van der Waals surface area (Å²) in [5.74, 6) is 0.972. The molecule has 0 radical (unpaired) electrons. The highest BCUT2D eigenvalue weighted by Crippen LogP contribution is 2.10. The van der Waals surface area contributed by atoms with Crippen LogP contribution in [0, 0.1) is 0 Å². The van der Waals surface area contributed by atoms with Crippen LogP contribution in [0.3, 0.4) is 0 Å². The molecular weight excluding hydrogens is 138 g/mol. The van der Waals surface area contributed by atoms with Crippen molar-refractivity contribution in [2.45, 2.75) is 33.8 Å². The molecule has 0 rings (SSSR count). The van der Waals surface area contributed by atoms with Crippen LogP contribution < -0.4 is 0 Å². The first kappa shape index (κ1) is 10.3. The van der Waals surface area contributed by atoms with E-state index in [4.69, 9.17) is 4.74 Å². The van der Waals surface area contributed by atoms with E-state index in [2.05, 4.69) is 13.8 Å². The van der Waals surface area contributed by atoms with Crippen molar-refractivity contribution in [2.24, 2.45) is 0 Å². The van der Waals surface area contributed by atoms with Crippen LogP contribution in [0.4, 0.5) is 0 Å². The van der Waals surface area contributed by atoms with E-state index in [0.717, 1.165) is 5.88 Å². The lowest BCUT2D eigenvalue weighted by Crippen LogP contribution is -2.18. The molecule has 0 aliphatic rings. The molecule has 0 unspecified atom stereocenters. The Balaban J connectivity index is 4.26. The second-order valence-electron chi connectivity index (χ2n) is 3.37. The molecule has 11 heavy (non-hydrogen) atoms. The van der Waals surface area contributed by atoms with Crippen LogP contribution in [-0.2, 0) is 4.74 Å². The van der Waals surface area contributed by atoms with E-state index in [0.29, 0.717) is 0 Å². The first-order valence-corrected chi connectivity index (χ1v) is 3.96. The maximum absolute atomic E-state index is 5.58. The predicted octanol–water partition coefficient (Wildman–Crippen LogP) is 2.22. The molecule has 66 valence electrons. The van der Waals surface area contributed by atoms with Crippen LogP contribution in [0.1, 0.15) is 27.7 Å². The van der Waals surface area contributed by atoms with E-state index < -0.39 is 0 Å². The largest absolute Gasteiger partial charge is 0.476 e. The van der Waals surface area contributed by atoms with Crippen molar-refractivity contribution in [1.29, 1.82) is 0 Å². The van der Waals surface area contributed by atoms with Crippen molar-refractivity contribution in [3.63, 3.8) is 0 Å². The molecule has 0 heterocycles. The summed E-state index contributed by atoms with van der Waals surface area (Å²) in [6.07, 6.45) is 0.252. The van der Waals surface area contributed by atoms with Gasteiger partial charge in [0.05, 0.1) is 6.10 Å². The monoisotopic (exact) mass is 157 g/mol. The molecule has 0 saturated carbocycles. The summed E-state index contributed by atoms with van der Waals surface area (Å²) in [6, 6.07) is 0. The van der Waals surface area contributed by atoms with Gasteiger partial charge in [0.25, 0.3) is 0 Å². The van der Waals surface area contributed by atoms with Gasteiger partial charge in [0.1, 0.15) is 0 Å². The topological polar surface area (TPSA) is 12.5 Å². The van der Waals surface area contributed by atoms with Crippen LogP contribution in [0.2, 0.25) is 0 Å². The van der Waals surface area contributed by atoms with Gasteiger partial charge in [-0.05, 0) is 33.3 Å². The maximum Gasteiger partial charge on any atom is 0.187 e. The molecule has 0 saturated heterocycles. The van der Waals surface area contributed by atoms with Crippen molar-refractivity contribution in [3.8, 4) is 0 Å². The standard InChI is InChI=1S/C9H19NO/c1-7(2)9(10(5)6)11-8(3)4/h8H,1-6H3. The second kappa shape index (κ2) is 4.27. The van der Waals surface area contributed by atoms with Gasteiger partial charge in [0, 0.05) is 14.1 Å². The molecule has 0 amide bonds. The molecule has 0 atom stereocenters. The first-order valence-electron chi connectivity index (χ1n) is 3.96. The Hall–Kier alpha value is -0.660. The molecule has 0 spiro atoms. The summed E-state index contributed by atoms with van der Waals surface area (Å²) >= 11 is 0. The zero-order chi connectivity index (χ0) is 9.02. The molecule has 0 aliphatic carbocycles. The van der Waals surface area contributed by atoms with E-state index >= 15 is 0 Å². The lowest BCUT2D eigenvalue weighted by Gasteiger charge is -2.21. The highest BCUT2D eigenvalue weighted by Gasteiger charge is 2.04. The molecule has 0 aromatic carbocycles. The van der Waals surface area contributed by atoms with Crippen molar-refractivity contribution in [3.05, 3.63) is 11.5 Å². The molecule has 0 bridgehead atoms. The molecule has 0 aliphatic heterocycles. The summed E-state index contributed by atoms with van der Waals surface area (Å²) in [4.78, 5) is 2.00. The Morgan fingerprint density at radius 3 is 1.73 bits per heavy atom. The van der Waals surface area contributed by atoms with Gasteiger partial charge in [0.15, 0.2) is 5.88 Å². The normalized spacial score (nSPS) is 9.73. The lowest BCUT2D eigenvalue weighted by atomic mass is 10.3. The third kappa shape index (κ3) is 3.91. The van der Waals surface area contributed by atoms with Gasteiger partial charge in [-0.3, -0.25) is 0 Å². The van der Waals surface area contributed by atoms with Crippen LogP contribution in [0.5, 0.6) is 0 Å². The zero-order valence-corrected chi connectivity index (χ0v) is 8.43. The van der Waals surface area contributed by atoms with Gasteiger partial charge in [-0.15, -0.1) is 0 Å². The van der Waals surface area contributed by atoms with E-state index in [1.165, 1.54) is 5.57 Å². The highest BCUT2D eigenvalue weighted by molar-refractivity contribution is 5.00. The average molecular weight is 157 g/mol. The Bertz CT molecular complexity index is 144. The minimum absolute atomic E-state index is 0.252. The summed E-state index contributed by atoms with van der Waals surface area (Å²) in [7, 11) is 3.98. The second-order valence-corrected chi connectivity index (χ2v) is 3.37. The van der Waals surface area contributed by atoms with E-state index in [-0.39, 0.29) is 6.10 Å². The Morgan fingerprint density at radius 2 is 1.64 bits per heavy atom. The molecule has 2 heteroatoms. The number of rotatable bonds is 3. The fourth-order valence-electron chi connectivity index (χ4n) is 0.894. The van der Waals surface area contributed by atoms with Gasteiger partial charge in [-0.2, -0.15) is 0 Å². The van der Waals surface area contributed by atoms with Gasteiger partial charge < -0.3 is 9.64 Å². The SMILES string of the molecule is CC(C)=C(OC(C)C)N(C)C. The van der Waals surface area contributed by atoms with Crippen LogP contribution in [-0.4, -0.2) is 25.1 Å². The third-order valence-corrected chi connectivity index (χ3v) is 1.18. The van der Waals surface area contributed by atoms with E-state index in [1.54, 1.807) is 0 Å². The van der Waals surface area contributed by atoms with E-state index in [1.807, 2.05) is 32.8 Å². The minimum atomic E-state index is 0.252. The minimum Gasteiger partial charge on any atom is -0.476 e. The summed E-state index contributed by atoms with van der Waals surface area (Å²) in [5.41, 5.74) is 1.21. The maximum atomic E-state index is 5.58. The Morgan fingerprint density at radius 1 is 1.18 bits per heavy atom. The quantitative estimate of drug-likeness (QED) is 0.582. The van der Waals surface area contributed by atoms with Crippen LogP contribution in [0.15, 0.2) is 11.5 Å². The average Bonchev–Trinajstić information content (AvgIpc) is 1.81. The Labute approximate surface area is 69.8 Å². The molecule has 0 aromatic rings. The summed E-state index contributed by atoms with van der Waals surface area (Å²) < 4.78 is 5.58. The van der Waals surface area contributed by atoms with Gasteiger partial charge in [-0.25, -0.2) is 0 Å². The van der Waals surface area contributed by atoms with Gasteiger partial charge in [-0.1, -0.05) is 0 Å². The zero-order valence-electron chi connectivity index (χ0n) is 8.43. The van der Waals surface area contributed by atoms with Crippen LogP contribution >= 0.6 is 0 Å². The summed E-state index contributed by atoms with van der Waals surface area (Å²) in [6.45, 7) is 8.17. The number of hydrogen-bond donors (Lipinski definition) is 0. The number of allylic oxidation sites excluding steroid dienone is 1. The highest BCUT2D eigenvalue weighted by atomic mass is 16.5. The third-order valence-electron chi connectivity index (χ3n) is 1.18. The fraction of sp³-hybridized carbons (Fsp3) is 0.778. The van der Waals surface area contributed by atoms with Crippen molar-refractivity contribution >= 4 is 0 Å². The summed E-state index contributed by atoms with van der Waals surface area (Å²) in [5, 5.41) is 0. The van der Waals surface area contributed by atoms with E-state index in [9.17, 15) is 0 Å². The fourth-order valence-corrected chi connectivity index (χ4v) is 0.894. The molecule has 0 N–H and O–H groups in total.